The molecule has 0 spiro atoms. The summed E-state index contributed by atoms with van der Waals surface area (Å²) in [6.07, 6.45) is 5.18. The fraction of sp³-hybridized carbons (Fsp3) is 0.923. The second kappa shape index (κ2) is 8.46. The van der Waals surface area contributed by atoms with Crippen molar-refractivity contribution in [3.8, 4) is 0 Å². The number of rotatable bonds is 7. The fourth-order valence-electron chi connectivity index (χ4n) is 2.17. The largest absolute Gasteiger partial charge is 0.449 e. The standard InChI is InChI=1S/C13H25NO5S/c1-3-4-10-18-13(15)14-8-5-12(6-9-14)7-11-19-20(2,16)17/h12H,3-11H2,1-2H3. The van der Waals surface area contributed by atoms with Crippen molar-refractivity contribution in [1.82, 2.24) is 4.90 Å². The highest BCUT2D eigenvalue weighted by atomic mass is 32.2. The van der Waals surface area contributed by atoms with Crippen LogP contribution in [0.3, 0.4) is 0 Å². The minimum atomic E-state index is -3.35. The number of hydrogen-bond donors (Lipinski definition) is 0. The lowest BCUT2D eigenvalue weighted by Gasteiger charge is -2.31. The van der Waals surface area contributed by atoms with Crippen molar-refractivity contribution < 1.29 is 22.1 Å². The molecule has 0 N–H and O–H groups in total. The van der Waals surface area contributed by atoms with E-state index in [0.29, 0.717) is 32.0 Å². The Hall–Kier alpha value is -0.820. The smallest absolute Gasteiger partial charge is 0.409 e. The van der Waals surface area contributed by atoms with Gasteiger partial charge >= 0.3 is 6.09 Å². The first-order chi connectivity index (χ1) is 9.42. The lowest BCUT2D eigenvalue weighted by molar-refractivity contribution is 0.0844. The molecule has 1 aliphatic rings. The van der Waals surface area contributed by atoms with Crippen LogP contribution in [-0.4, -0.2) is 52.0 Å². The maximum absolute atomic E-state index is 11.7. The molecule has 0 aliphatic carbocycles. The van der Waals surface area contributed by atoms with Crippen molar-refractivity contribution >= 4 is 16.2 Å². The predicted octanol–water partition coefficient (Wildman–Crippen LogP) is 2.00. The number of hydrogen-bond acceptors (Lipinski definition) is 5. The number of ether oxygens (including phenoxy) is 1. The van der Waals surface area contributed by atoms with Crippen molar-refractivity contribution in [2.24, 2.45) is 5.92 Å². The van der Waals surface area contributed by atoms with Gasteiger partial charge < -0.3 is 9.64 Å². The molecule has 0 atom stereocenters. The molecule has 1 amide bonds. The molecule has 0 aromatic carbocycles. The van der Waals surface area contributed by atoms with E-state index in [1.165, 1.54) is 0 Å². The van der Waals surface area contributed by atoms with Crippen molar-refractivity contribution in [3.05, 3.63) is 0 Å². The molecule has 1 heterocycles. The maximum Gasteiger partial charge on any atom is 0.409 e. The molecule has 1 fully saturated rings. The Kier molecular flexibility index (Phi) is 7.29. The molecule has 1 saturated heterocycles. The van der Waals surface area contributed by atoms with Gasteiger partial charge in [-0.15, -0.1) is 0 Å². The van der Waals surface area contributed by atoms with Crippen LogP contribution in [0, 0.1) is 5.92 Å². The summed E-state index contributed by atoms with van der Waals surface area (Å²) < 4.78 is 31.6. The first-order valence-electron chi connectivity index (χ1n) is 7.18. The Morgan fingerprint density at radius 1 is 1.25 bits per heavy atom. The van der Waals surface area contributed by atoms with Gasteiger partial charge in [-0.1, -0.05) is 13.3 Å². The summed E-state index contributed by atoms with van der Waals surface area (Å²) in [5.41, 5.74) is 0. The monoisotopic (exact) mass is 307 g/mol. The molecular formula is C13H25NO5S. The van der Waals surface area contributed by atoms with Crippen LogP contribution in [0.5, 0.6) is 0 Å². The highest BCUT2D eigenvalue weighted by molar-refractivity contribution is 7.85. The van der Waals surface area contributed by atoms with E-state index in [4.69, 9.17) is 8.92 Å². The summed E-state index contributed by atoms with van der Waals surface area (Å²) in [6, 6.07) is 0. The molecular weight excluding hydrogens is 282 g/mol. The third-order valence-corrected chi connectivity index (χ3v) is 4.01. The quantitative estimate of drug-likeness (QED) is 0.531. The van der Waals surface area contributed by atoms with Gasteiger partial charge in [-0.3, -0.25) is 4.18 Å². The number of piperidine rings is 1. The zero-order valence-corrected chi connectivity index (χ0v) is 13.2. The fourth-order valence-corrected chi connectivity index (χ4v) is 2.56. The Morgan fingerprint density at radius 3 is 2.45 bits per heavy atom. The van der Waals surface area contributed by atoms with Crippen molar-refractivity contribution in [3.63, 3.8) is 0 Å². The lowest BCUT2D eigenvalue weighted by atomic mass is 9.94. The third kappa shape index (κ3) is 7.09. The summed E-state index contributed by atoms with van der Waals surface area (Å²) in [5.74, 6) is 0.413. The van der Waals surface area contributed by atoms with E-state index in [0.717, 1.165) is 31.9 Å². The zero-order chi connectivity index (χ0) is 15.0. The van der Waals surface area contributed by atoms with Gasteiger partial charge in [-0.25, -0.2) is 4.79 Å². The van der Waals surface area contributed by atoms with Gasteiger partial charge in [0, 0.05) is 13.1 Å². The molecule has 0 aromatic rings. The minimum Gasteiger partial charge on any atom is -0.449 e. The first kappa shape index (κ1) is 17.2. The number of amides is 1. The van der Waals surface area contributed by atoms with Crippen molar-refractivity contribution in [2.45, 2.75) is 39.0 Å². The van der Waals surface area contributed by atoms with E-state index < -0.39 is 10.1 Å². The van der Waals surface area contributed by atoms with Crippen LogP contribution in [0.2, 0.25) is 0 Å². The Bertz CT molecular complexity index is 388. The number of nitrogens with zero attached hydrogens (tertiary/aromatic N) is 1. The lowest BCUT2D eigenvalue weighted by Crippen LogP contribution is -2.39. The number of likely N-dealkylation sites (tertiary alicyclic amines) is 1. The molecule has 0 aromatic heterocycles. The van der Waals surface area contributed by atoms with Crippen LogP contribution in [0.15, 0.2) is 0 Å². The predicted molar refractivity (Wildman–Crippen MR) is 76.0 cm³/mol. The van der Waals surface area contributed by atoms with Gasteiger partial charge in [0.15, 0.2) is 0 Å². The summed E-state index contributed by atoms with van der Waals surface area (Å²) in [7, 11) is -3.35. The first-order valence-corrected chi connectivity index (χ1v) is 9.00. The number of carbonyl (C=O) groups excluding carboxylic acids is 1. The SMILES string of the molecule is CCCCOC(=O)N1CCC(CCOS(C)(=O)=O)CC1. The Morgan fingerprint density at radius 2 is 1.90 bits per heavy atom. The van der Waals surface area contributed by atoms with E-state index in [2.05, 4.69) is 6.92 Å². The molecule has 7 heteroatoms. The van der Waals surface area contributed by atoms with Crippen LogP contribution >= 0.6 is 0 Å². The normalized spacial score (nSPS) is 17.2. The average Bonchev–Trinajstić information content (AvgIpc) is 2.38. The highest BCUT2D eigenvalue weighted by Crippen LogP contribution is 2.21. The topological polar surface area (TPSA) is 72.9 Å². The van der Waals surface area contributed by atoms with Gasteiger partial charge in [-0.05, 0) is 31.6 Å². The van der Waals surface area contributed by atoms with Gasteiger partial charge in [0.1, 0.15) is 0 Å². The molecule has 0 bridgehead atoms. The van der Waals surface area contributed by atoms with E-state index >= 15 is 0 Å². The zero-order valence-electron chi connectivity index (χ0n) is 12.3. The molecule has 1 rings (SSSR count). The third-order valence-electron chi connectivity index (χ3n) is 3.42. The summed E-state index contributed by atoms with van der Waals surface area (Å²) >= 11 is 0. The minimum absolute atomic E-state index is 0.227. The average molecular weight is 307 g/mol. The second-order valence-corrected chi connectivity index (χ2v) is 6.86. The maximum atomic E-state index is 11.7. The summed E-state index contributed by atoms with van der Waals surface area (Å²) in [5, 5.41) is 0. The van der Waals surface area contributed by atoms with Crippen molar-refractivity contribution in [2.75, 3.05) is 32.6 Å². The van der Waals surface area contributed by atoms with Crippen LogP contribution < -0.4 is 0 Å². The van der Waals surface area contributed by atoms with Gasteiger partial charge in [0.2, 0.25) is 0 Å². The van der Waals surface area contributed by atoms with E-state index in [1.807, 2.05) is 0 Å². The highest BCUT2D eigenvalue weighted by Gasteiger charge is 2.23. The second-order valence-electron chi connectivity index (χ2n) is 5.21. The van der Waals surface area contributed by atoms with Crippen LogP contribution in [0.25, 0.3) is 0 Å². The van der Waals surface area contributed by atoms with E-state index in [9.17, 15) is 13.2 Å². The molecule has 6 nitrogen and oxygen atoms in total. The Labute approximate surface area is 121 Å². The molecule has 0 saturated carbocycles. The van der Waals surface area contributed by atoms with Crippen molar-refractivity contribution in [1.29, 1.82) is 0 Å². The number of carbonyl (C=O) groups is 1. The number of unbranched alkanes of at least 4 members (excludes halogenated alkanes) is 1. The molecule has 0 radical (unpaired) electrons. The van der Waals surface area contributed by atoms with Gasteiger partial charge in [0.25, 0.3) is 10.1 Å². The molecule has 20 heavy (non-hydrogen) atoms. The summed E-state index contributed by atoms with van der Waals surface area (Å²) in [4.78, 5) is 13.5. The summed E-state index contributed by atoms with van der Waals surface area (Å²) in [6.45, 7) is 4.11. The molecule has 118 valence electrons. The van der Waals surface area contributed by atoms with Gasteiger partial charge in [-0.2, -0.15) is 8.42 Å². The van der Waals surface area contributed by atoms with E-state index in [1.54, 1.807) is 4.90 Å². The van der Waals surface area contributed by atoms with Crippen LogP contribution in [0.4, 0.5) is 4.79 Å². The van der Waals surface area contributed by atoms with Crippen LogP contribution in [0.1, 0.15) is 39.0 Å². The Balaban J connectivity index is 2.17. The molecule has 0 unspecified atom stereocenters. The molecule has 1 aliphatic heterocycles. The van der Waals surface area contributed by atoms with E-state index in [-0.39, 0.29) is 12.7 Å². The van der Waals surface area contributed by atoms with Crippen LogP contribution in [-0.2, 0) is 19.0 Å². The van der Waals surface area contributed by atoms with Gasteiger partial charge in [0.05, 0.1) is 19.5 Å².